The molecule has 0 spiro atoms. The highest BCUT2D eigenvalue weighted by Gasteiger charge is 2.56. The molecule has 1 amide bonds. The fourth-order valence-corrected chi connectivity index (χ4v) is 2.17. The molecule has 1 heterocycles. The topological polar surface area (TPSA) is 41.6 Å². The normalized spacial score (nSPS) is 39.5. The van der Waals surface area contributed by atoms with E-state index in [1.807, 2.05) is 12.2 Å². The zero-order chi connectivity index (χ0) is 11.3. The number of nitrogens with one attached hydrogen (secondary N) is 1. The van der Waals surface area contributed by atoms with E-state index in [-0.39, 0.29) is 11.7 Å². The summed E-state index contributed by atoms with van der Waals surface area (Å²) in [6, 6.07) is -0.414. The molecule has 1 aliphatic carbocycles. The molecular weight excluding hydrogens is 211 g/mol. The summed E-state index contributed by atoms with van der Waals surface area (Å²) in [7, 11) is 0. The number of carbonyl (C=O) groups excluding carboxylic acids is 1. The Morgan fingerprint density at radius 1 is 1.47 bits per heavy atom. The maximum Gasteiger partial charge on any atom is 0.471 e. The third kappa shape index (κ3) is 2.09. The molecule has 2 fully saturated rings. The highest BCUT2D eigenvalue weighted by atomic mass is 19.4. The second kappa shape index (κ2) is 3.10. The average molecular weight is 223 g/mol. The number of fused-ring (bicyclic) bond motifs is 1. The van der Waals surface area contributed by atoms with Gasteiger partial charge >= 0.3 is 12.1 Å². The van der Waals surface area contributed by atoms with Gasteiger partial charge in [-0.05, 0) is 26.2 Å². The number of halogens is 3. The lowest BCUT2D eigenvalue weighted by Crippen LogP contribution is -2.46. The number of carbonyl (C=O) groups is 1. The van der Waals surface area contributed by atoms with Crippen LogP contribution >= 0.6 is 0 Å². The fraction of sp³-hybridized carbons (Fsp3) is 0.889. The van der Waals surface area contributed by atoms with E-state index in [0.717, 1.165) is 6.42 Å². The average Bonchev–Trinajstić information content (AvgIpc) is 2.73. The predicted molar refractivity (Wildman–Crippen MR) is 45.1 cm³/mol. The highest BCUT2D eigenvalue weighted by Crippen LogP contribution is 2.47. The summed E-state index contributed by atoms with van der Waals surface area (Å²) in [5.41, 5.74) is -0.304. The van der Waals surface area contributed by atoms with Crippen molar-refractivity contribution in [2.75, 3.05) is 0 Å². The molecule has 2 aliphatic rings. The first-order chi connectivity index (χ1) is 6.81. The first-order valence-electron chi connectivity index (χ1n) is 4.87. The largest absolute Gasteiger partial charge is 0.471 e. The summed E-state index contributed by atoms with van der Waals surface area (Å²) < 4.78 is 41.2. The Labute approximate surface area is 85.0 Å². The van der Waals surface area contributed by atoms with E-state index < -0.39 is 18.1 Å². The van der Waals surface area contributed by atoms with Gasteiger partial charge < -0.3 is 10.1 Å². The van der Waals surface area contributed by atoms with Gasteiger partial charge in [0.1, 0.15) is 0 Å². The molecule has 86 valence electrons. The summed E-state index contributed by atoms with van der Waals surface area (Å²) in [5, 5.41) is 2.00. The molecular formula is C9H12F3NO2. The van der Waals surface area contributed by atoms with E-state index in [1.54, 1.807) is 0 Å². The van der Waals surface area contributed by atoms with Crippen LogP contribution in [0, 0.1) is 0 Å². The Balaban J connectivity index is 1.88. The second-order valence-corrected chi connectivity index (χ2v) is 4.37. The van der Waals surface area contributed by atoms with Gasteiger partial charge in [-0.2, -0.15) is 13.2 Å². The van der Waals surface area contributed by atoms with Gasteiger partial charge in [-0.3, -0.25) is 4.79 Å². The molecule has 3 atom stereocenters. The Kier molecular flexibility index (Phi) is 2.22. The molecule has 0 bridgehead atoms. The van der Waals surface area contributed by atoms with Crippen molar-refractivity contribution in [2.45, 2.75) is 50.1 Å². The van der Waals surface area contributed by atoms with Crippen LogP contribution in [-0.4, -0.2) is 29.8 Å². The molecule has 6 heteroatoms. The Bertz CT molecular complexity index is 292. The molecule has 1 N–H and O–H groups in total. The monoisotopic (exact) mass is 223 g/mol. The Morgan fingerprint density at radius 2 is 2.13 bits per heavy atom. The van der Waals surface area contributed by atoms with Crippen LogP contribution in [-0.2, 0) is 9.53 Å². The quantitative estimate of drug-likeness (QED) is 0.682. The van der Waals surface area contributed by atoms with Crippen LogP contribution in [0.4, 0.5) is 13.2 Å². The van der Waals surface area contributed by atoms with Crippen LogP contribution in [0.5, 0.6) is 0 Å². The van der Waals surface area contributed by atoms with E-state index in [4.69, 9.17) is 4.74 Å². The summed E-state index contributed by atoms with van der Waals surface area (Å²) in [6.45, 7) is 1.86. The van der Waals surface area contributed by atoms with Gasteiger partial charge in [-0.1, -0.05) is 0 Å². The molecule has 0 unspecified atom stereocenters. The SMILES string of the molecule is C[C@@]12C[C@H](NC(=O)C(F)(F)F)CC[C@@H]1O2. The van der Waals surface area contributed by atoms with Crippen molar-refractivity contribution < 1.29 is 22.7 Å². The number of amides is 1. The van der Waals surface area contributed by atoms with Crippen LogP contribution in [0.25, 0.3) is 0 Å². The first-order valence-corrected chi connectivity index (χ1v) is 4.87. The standard InChI is InChI=1S/C9H12F3NO2/c1-8-4-5(2-3-6(8)15-8)13-7(14)9(10,11)12/h5-6H,2-4H2,1H3,(H,13,14)/t5-,6+,8-/m1/s1. The van der Waals surface area contributed by atoms with Crippen molar-refractivity contribution in [3.8, 4) is 0 Å². The van der Waals surface area contributed by atoms with Gasteiger partial charge in [0.25, 0.3) is 0 Å². The summed E-state index contributed by atoms with van der Waals surface area (Å²) >= 11 is 0. The second-order valence-electron chi connectivity index (χ2n) is 4.37. The summed E-state index contributed by atoms with van der Waals surface area (Å²) in [5.74, 6) is -1.85. The molecule has 0 aromatic heterocycles. The third-order valence-electron chi connectivity index (χ3n) is 3.06. The van der Waals surface area contributed by atoms with Gasteiger partial charge in [-0.25, -0.2) is 0 Å². The first kappa shape index (κ1) is 10.7. The van der Waals surface area contributed by atoms with Gasteiger partial charge in [0, 0.05) is 6.04 Å². The lowest BCUT2D eigenvalue weighted by molar-refractivity contribution is -0.174. The van der Waals surface area contributed by atoms with Crippen LogP contribution in [0.15, 0.2) is 0 Å². The summed E-state index contributed by atoms with van der Waals surface area (Å²) in [6.07, 6.45) is -2.86. The van der Waals surface area contributed by atoms with Gasteiger partial charge in [0.2, 0.25) is 0 Å². The number of hydrogen-bond donors (Lipinski definition) is 1. The van der Waals surface area contributed by atoms with Crippen LogP contribution in [0.2, 0.25) is 0 Å². The van der Waals surface area contributed by atoms with Gasteiger partial charge in [0.15, 0.2) is 0 Å². The number of epoxide rings is 1. The smallest absolute Gasteiger partial charge is 0.366 e. The van der Waals surface area contributed by atoms with Gasteiger partial charge in [-0.15, -0.1) is 0 Å². The molecule has 0 radical (unpaired) electrons. The van der Waals surface area contributed by atoms with Crippen molar-refractivity contribution in [3.05, 3.63) is 0 Å². The lowest BCUT2D eigenvalue weighted by atomic mass is 9.87. The molecule has 3 nitrogen and oxygen atoms in total. The minimum absolute atomic E-state index is 0.177. The number of ether oxygens (including phenoxy) is 1. The highest BCUT2D eigenvalue weighted by molar-refractivity contribution is 5.81. The van der Waals surface area contributed by atoms with Crippen molar-refractivity contribution in [1.29, 1.82) is 0 Å². The number of alkyl halides is 3. The molecule has 2 rings (SSSR count). The fourth-order valence-electron chi connectivity index (χ4n) is 2.17. The number of rotatable bonds is 1. The number of hydrogen-bond acceptors (Lipinski definition) is 2. The minimum atomic E-state index is -4.79. The molecule has 1 aliphatic heterocycles. The Morgan fingerprint density at radius 3 is 2.67 bits per heavy atom. The van der Waals surface area contributed by atoms with E-state index in [9.17, 15) is 18.0 Å². The maximum atomic E-state index is 12.0. The van der Waals surface area contributed by atoms with E-state index in [1.165, 1.54) is 0 Å². The maximum absolute atomic E-state index is 12.0. The molecule has 1 saturated heterocycles. The zero-order valence-corrected chi connectivity index (χ0v) is 8.23. The van der Waals surface area contributed by atoms with Crippen molar-refractivity contribution in [3.63, 3.8) is 0 Å². The van der Waals surface area contributed by atoms with E-state index >= 15 is 0 Å². The zero-order valence-electron chi connectivity index (χ0n) is 8.23. The molecule has 0 aromatic carbocycles. The predicted octanol–water partition coefficient (Wildman–Crippen LogP) is 1.37. The lowest BCUT2D eigenvalue weighted by Gasteiger charge is -2.24. The van der Waals surface area contributed by atoms with Crippen molar-refractivity contribution >= 4 is 5.91 Å². The molecule has 0 aromatic rings. The molecule has 15 heavy (non-hydrogen) atoms. The van der Waals surface area contributed by atoms with Crippen LogP contribution < -0.4 is 5.32 Å². The minimum Gasteiger partial charge on any atom is -0.366 e. The Hall–Kier alpha value is -0.780. The van der Waals surface area contributed by atoms with Crippen molar-refractivity contribution in [2.24, 2.45) is 0 Å². The van der Waals surface area contributed by atoms with Gasteiger partial charge in [0.05, 0.1) is 11.7 Å². The van der Waals surface area contributed by atoms with E-state index in [0.29, 0.717) is 12.8 Å². The van der Waals surface area contributed by atoms with Crippen LogP contribution in [0.3, 0.4) is 0 Å². The van der Waals surface area contributed by atoms with Crippen molar-refractivity contribution in [1.82, 2.24) is 5.32 Å². The summed E-state index contributed by atoms with van der Waals surface area (Å²) in [4.78, 5) is 10.7. The van der Waals surface area contributed by atoms with Crippen LogP contribution in [0.1, 0.15) is 26.2 Å². The molecule has 1 saturated carbocycles. The van der Waals surface area contributed by atoms with E-state index in [2.05, 4.69) is 0 Å². The third-order valence-corrected chi connectivity index (χ3v) is 3.06.